The molecule has 0 saturated heterocycles. The van der Waals surface area contributed by atoms with Crippen LogP contribution in [0, 0.1) is 6.92 Å². The number of rotatable bonds is 6. The van der Waals surface area contributed by atoms with E-state index in [-0.39, 0.29) is 30.6 Å². The second-order valence-corrected chi connectivity index (χ2v) is 9.89. The molecule has 6 nitrogen and oxygen atoms in total. The zero-order valence-electron chi connectivity index (χ0n) is 20.9. The minimum Gasteiger partial charge on any atom is -0.324 e. The van der Waals surface area contributed by atoms with Gasteiger partial charge in [-0.1, -0.05) is 59.6 Å². The molecule has 0 spiro atoms. The first-order valence-corrected chi connectivity index (χ1v) is 12.7. The Morgan fingerprint density at radius 2 is 1.71 bits per heavy atom. The Morgan fingerprint density at radius 1 is 0.974 bits per heavy atom. The van der Waals surface area contributed by atoms with E-state index in [1.54, 1.807) is 59.6 Å². The second kappa shape index (κ2) is 11.0. The molecule has 38 heavy (non-hydrogen) atoms. The first-order valence-electron chi connectivity index (χ1n) is 12.4. The molecule has 0 bridgehead atoms. The molecule has 5 rings (SSSR count). The first kappa shape index (κ1) is 25.4. The summed E-state index contributed by atoms with van der Waals surface area (Å²) in [7, 11) is 0. The number of amides is 2. The van der Waals surface area contributed by atoms with Gasteiger partial charge in [-0.3, -0.25) is 14.4 Å². The molecule has 2 heterocycles. The van der Waals surface area contributed by atoms with Gasteiger partial charge in [0.25, 0.3) is 11.8 Å². The van der Waals surface area contributed by atoms with E-state index in [0.29, 0.717) is 34.0 Å². The van der Waals surface area contributed by atoms with Crippen LogP contribution in [0.2, 0.25) is 5.02 Å². The van der Waals surface area contributed by atoms with Crippen molar-refractivity contribution in [1.82, 2.24) is 9.88 Å². The predicted molar refractivity (Wildman–Crippen MR) is 147 cm³/mol. The Bertz CT molecular complexity index is 1490. The van der Waals surface area contributed by atoms with Crippen LogP contribution in [0.25, 0.3) is 0 Å². The van der Waals surface area contributed by atoms with E-state index in [1.807, 2.05) is 43.3 Å². The molecule has 190 valence electrons. The molecule has 4 aromatic rings. The number of aromatic nitrogens is 1. The van der Waals surface area contributed by atoms with Crippen molar-refractivity contribution in [2.75, 3.05) is 5.32 Å². The Balaban J connectivity index is 1.42. The summed E-state index contributed by atoms with van der Waals surface area (Å²) < 4.78 is 0. The number of halogens is 1. The Hall–Kier alpha value is -4.29. The van der Waals surface area contributed by atoms with Gasteiger partial charge in [0.2, 0.25) is 0 Å². The third-order valence-corrected chi connectivity index (χ3v) is 6.93. The van der Waals surface area contributed by atoms with E-state index >= 15 is 0 Å². The lowest BCUT2D eigenvalue weighted by Gasteiger charge is -2.29. The summed E-state index contributed by atoms with van der Waals surface area (Å²) in [5.41, 5.74) is 4.52. The van der Waals surface area contributed by atoms with Gasteiger partial charge >= 0.3 is 0 Å². The number of hydrogen-bond acceptors (Lipinski definition) is 4. The van der Waals surface area contributed by atoms with Crippen LogP contribution in [-0.2, 0) is 24.2 Å². The molecular formula is C31H26ClN3O3. The van der Waals surface area contributed by atoms with E-state index < -0.39 is 6.04 Å². The molecule has 1 aliphatic heterocycles. The summed E-state index contributed by atoms with van der Waals surface area (Å²) in [4.78, 5) is 45.7. The number of nitrogens with zero attached hydrogens (tertiary/aromatic N) is 2. The topological polar surface area (TPSA) is 79.4 Å². The van der Waals surface area contributed by atoms with Gasteiger partial charge in [-0.2, -0.15) is 0 Å². The number of ketones is 1. The van der Waals surface area contributed by atoms with E-state index in [4.69, 9.17) is 11.6 Å². The van der Waals surface area contributed by atoms with Crippen molar-refractivity contribution >= 4 is 35.0 Å². The zero-order valence-corrected chi connectivity index (χ0v) is 21.6. The molecular weight excluding hydrogens is 498 g/mol. The van der Waals surface area contributed by atoms with Gasteiger partial charge in [0.15, 0.2) is 5.78 Å². The molecule has 0 unspecified atom stereocenters. The van der Waals surface area contributed by atoms with E-state index in [1.165, 1.54) is 0 Å². The molecule has 0 radical (unpaired) electrons. The maximum Gasteiger partial charge on any atom is 0.256 e. The normalized spacial score (nSPS) is 15.1. The van der Waals surface area contributed by atoms with Crippen LogP contribution >= 0.6 is 11.6 Å². The van der Waals surface area contributed by atoms with Crippen LogP contribution in [-0.4, -0.2) is 33.5 Å². The lowest BCUT2D eigenvalue weighted by molar-refractivity contribution is -0.122. The molecule has 0 fully saturated rings. The summed E-state index contributed by atoms with van der Waals surface area (Å²) in [6.07, 6.45) is 2.16. The zero-order chi connectivity index (χ0) is 26.6. The third-order valence-electron chi connectivity index (χ3n) is 6.70. The van der Waals surface area contributed by atoms with E-state index in [0.717, 1.165) is 16.7 Å². The minimum atomic E-state index is -0.636. The van der Waals surface area contributed by atoms with Gasteiger partial charge in [0.05, 0.1) is 6.04 Å². The maximum absolute atomic E-state index is 13.8. The van der Waals surface area contributed by atoms with Gasteiger partial charge in [-0.15, -0.1) is 0 Å². The lowest BCUT2D eigenvalue weighted by Crippen LogP contribution is -2.44. The van der Waals surface area contributed by atoms with Crippen LogP contribution in [0.5, 0.6) is 0 Å². The number of hydrogen-bond donors (Lipinski definition) is 1. The molecule has 0 aliphatic carbocycles. The molecule has 3 aromatic carbocycles. The molecule has 7 heteroatoms. The maximum atomic E-state index is 13.8. The number of benzene rings is 3. The van der Waals surface area contributed by atoms with Crippen molar-refractivity contribution in [3.63, 3.8) is 0 Å². The van der Waals surface area contributed by atoms with Crippen molar-refractivity contribution in [1.29, 1.82) is 0 Å². The fourth-order valence-corrected chi connectivity index (χ4v) is 4.82. The summed E-state index contributed by atoms with van der Waals surface area (Å²) in [6, 6.07) is 24.8. The second-order valence-electron chi connectivity index (χ2n) is 9.45. The van der Waals surface area contributed by atoms with Crippen LogP contribution < -0.4 is 5.32 Å². The number of nitrogens with one attached hydrogen (secondary N) is 1. The average molecular weight is 524 g/mol. The number of carbonyl (C=O) groups is 3. The quantitative estimate of drug-likeness (QED) is 0.353. The highest BCUT2D eigenvalue weighted by molar-refractivity contribution is 6.30. The molecule has 1 aromatic heterocycles. The predicted octanol–water partition coefficient (Wildman–Crippen LogP) is 5.67. The summed E-state index contributed by atoms with van der Waals surface area (Å²) in [5, 5.41) is 3.26. The lowest BCUT2D eigenvalue weighted by atomic mass is 9.97. The van der Waals surface area contributed by atoms with Crippen molar-refractivity contribution in [3.05, 3.63) is 130 Å². The number of carbonyl (C=O) groups excluding carboxylic acids is 3. The Kier molecular flexibility index (Phi) is 7.33. The fraction of sp³-hybridized carbons (Fsp3) is 0.161. The van der Waals surface area contributed by atoms with Gasteiger partial charge in [0, 0.05) is 35.3 Å². The fourth-order valence-electron chi connectivity index (χ4n) is 4.63. The monoisotopic (exact) mass is 523 g/mol. The van der Waals surface area contributed by atoms with E-state index in [9.17, 15) is 14.4 Å². The highest BCUT2D eigenvalue weighted by Gasteiger charge is 2.35. The average Bonchev–Trinajstić information content (AvgIpc) is 3.00. The minimum absolute atomic E-state index is 0.0358. The van der Waals surface area contributed by atoms with Crippen LogP contribution in [0.1, 0.15) is 43.0 Å². The van der Waals surface area contributed by atoms with Crippen LogP contribution in [0.4, 0.5) is 5.82 Å². The largest absolute Gasteiger partial charge is 0.324 e. The summed E-state index contributed by atoms with van der Waals surface area (Å²) in [6.45, 7) is 2.24. The Labute approximate surface area is 226 Å². The van der Waals surface area contributed by atoms with Gasteiger partial charge < -0.3 is 10.2 Å². The molecule has 1 aliphatic rings. The van der Waals surface area contributed by atoms with Crippen molar-refractivity contribution in [2.24, 2.45) is 0 Å². The molecule has 2 amide bonds. The summed E-state index contributed by atoms with van der Waals surface area (Å²) in [5.74, 6) is -0.0600. The van der Waals surface area contributed by atoms with Crippen molar-refractivity contribution < 1.29 is 14.4 Å². The molecule has 1 N–H and O–H groups in total. The SMILES string of the molecule is Cc1ccc(C[C@@H]2C(=O)Cc3cc(Cl)ccc3C(=O)N2Cc2ccc(C(=O)Nc3ccccn3)cc2)cc1. The van der Waals surface area contributed by atoms with Crippen molar-refractivity contribution in [3.8, 4) is 0 Å². The number of pyridine rings is 1. The number of aryl methyl sites for hydroxylation is 1. The van der Waals surface area contributed by atoms with Crippen LogP contribution in [0.3, 0.4) is 0 Å². The highest BCUT2D eigenvalue weighted by atomic mass is 35.5. The van der Waals surface area contributed by atoms with Gasteiger partial charge in [-0.05, 0) is 72.5 Å². The highest BCUT2D eigenvalue weighted by Crippen LogP contribution is 2.27. The number of fused-ring (bicyclic) bond motifs is 1. The summed E-state index contributed by atoms with van der Waals surface area (Å²) >= 11 is 6.19. The Morgan fingerprint density at radius 3 is 2.42 bits per heavy atom. The first-order chi connectivity index (χ1) is 18.4. The van der Waals surface area contributed by atoms with E-state index in [2.05, 4.69) is 10.3 Å². The smallest absolute Gasteiger partial charge is 0.256 e. The van der Waals surface area contributed by atoms with Gasteiger partial charge in [0.1, 0.15) is 5.82 Å². The molecule has 0 saturated carbocycles. The third kappa shape index (κ3) is 5.66. The number of anilines is 1. The van der Waals surface area contributed by atoms with Gasteiger partial charge in [-0.25, -0.2) is 4.98 Å². The molecule has 1 atom stereocenters. The standard InChI is InChI=1S/C31H26ClN3O3/c1-20-5-7-21(8-6-20)16-27-28(36)18-24-17-25(32)13-14-26(24)31(38)35(27)19-22-9-11-23(12-10-22)30(37)34-29-4-2-3-15-33-29/h2-15,17,27H,16,18-19H2,1H3,(H,33,34,37)/t27-/m1/s1. The van der Waals surface area contributed by atoms with Crippen LogP contribution in [0.15, 0.2) is 91.1 Å². The van der Waals surface area contributed by atoms with Crippen molar-refractivity contribution in [2.45, 2.75) is 32.4 Å². The number of Topliss-reactive ketones (excluding diaryl/α,β-unsaturated/α-hetero) is 1.